The summed E-state index contributed by atoms with van der Waals surface area (Å²) in [6.07, 6.45) is 1.77. The number of benzene rings is 1. The first kappa shape index (κ1) is 18.5. The largest absolute Gasteiger partial charge is 0.325 e. The van der Waals surface area contributed by atoms with Crippen molar-refractivity contribution >= 4 is 40.6 Å². The van der Waals surface area contributed by atoms with Gasteiger partial charge in [-0.15, -0.1) is 11.8 Å². The van der Waals surface area contributed by atoms with Crippen molar-refractivity contribution in [3.63, 3.8) is 0 Å². The van der Waals surface area contributed by atoms with Gasteiger partial charge in [0.1, 0.15) is 5.65 Å². The molecule has 3 rings (SSSR count). The number of anilines is 1. The number of rotatable bonds is 5. The average molecular weight is 388 g/mol. The van der Waals surface area contributed by atoms with Gasteiger partial charge in [0, 0.05) is 28.7 Å². The molecular weight excluding hydrogens is 370 g/mol. The van der Waals surface area contributed by atoms with Gasteiger partial charge in [-0.25, -0.2) is 4.98 Å². The first-order valence-corrected chi connectivity index (χ1v) is 9.58. The third-order valence-electron chi connectivity index (χ3n) is 3.81. The summed E-state index contributed by atoms with van der Waals surface area (Å²) in [4.78, 5) is 28.8. The topological polar surface area (TPSA) is 63.5 Å². The lowest BCUT2D eigenvalue weighted by molar-refractivity contribution is -0.113. The van der Waals surface area contributed by atoms with Gasteiger partial charge in [0.15, 0.2) is 0 Å². The summed E-state index contributed by atoms with van der Waals surface area (Å²) >= 11 is 7.33. The van der Waals surface area contributed by atoms with Crippen LogP contribution in [0.25, 0.3) is 5.65 Å². The Bertz CT molecular complexity index is 1030. The number of hydrogen-bond acceptors (Lipinski definition) is 4. The molecule has 0 aliphatic carbocycles. The SMILES string of the molecule is Cc1ccc2nc(CSCC(=O)Nc3ccc(Cl)cc3C)cc(=O)n2c1. The standard InChI is InChI=1S/C19H18ClN3O2S/c1-12-3-6-17-21-15(8-19(25)23(17)9-12)10-26-11-18(24)22-16-5-4-14(20)7-13(16)2/h3-9H,10-11H2,1-2H3,(H,22,24). The molecular formula is C19H18ClN3O2S. The number of thioether (sulfide) groups is 1. The maximum Gasteiger partial charge on any atom is 0.258 e. The number of carbonyl (C=O) groups excluding carboxylic acids is 1. The summed E-state index contributed by atoms with van der Waals surface area (Å²) in [5.74, 6) is 0.664. The minimum Gasteiger partial charge on any atom is -0.325 e. The molecule has 2 aromatic heterocycles. The van der Waals surface area contributed by atoms with Crippen molar-refractivity contribution in [2.75, 3.05) is 11.1 Å². The lowest BCUT2D eigenvalue weighted by Gasteiger charge is -2.09. The van der Waals surface area contributed by atoms with Crippen molar-refractivity contribution in [1.82, 2.24) is 9.38 Å². The molecule has 0 bridgehead atoms. The molecule has 1 N–H and O–H groups in total. The highest BCUT2D eigenvalue weighted by molar-refractivity contribution is 7.99. The van der Waals surface area contributed by atoms with Gasteiger partial charge in [0.25, 0.3) is 5.56 Å². The van der Waals surface area contributed by atoms with Crippen molar-refractivity contribution in [2.45, 2.75) is 19.6 Å². The number of pyridine rings is 1. The molecule has 1 aromatic carbocycles. The Hall–Kier alpha value is -2.31. The molecule has 0 fully saturated rings. The molecule has 0 radical (unpaired) electrons. The fraction of sp³-hybridized carbons (Fsp3) is 0.211. The van der Waals surface area contributed by atoms with Gasteiger partial charge in [-0.1, -0.05) is 17.7 Å². The molecule has 134 valence electrons. The Morgan fingerprint density at radius 1 is 1.23 bits per heavy atom. The van der Waals surface area contributed by atoms with Crippen molar-refractivity contribution in [2.24, 2.45) is 0 Å². The Balaban J connectivity index is 1.61. The summed E-state index contributed by atoms with van der Waals surface area (Å²) in [6, 6.07) is 10.6. The molecule has 0 spiro atoms. The molecule has 0 saturated heterocycles. The first-order chi connectivity index (χ1) is 12.4. The zero-order chi connectivity index (χ0) is 18.7. The van der Waals surface area contributed by atoms with Crippen LogP contribution in [0.4, 0.5) is 5.69 Å². The lowest BCUT2D eigenvalue weighted by Crippen LogP contribution is -2.17. The maximum absolute atomic E-state index is 12.2. The van der Waals surface area contributed by atoms with Gasteiger partial charge in [0.2, 0.25) is 5.91 Å². The van der Waals surface area contributed by atoms with Gasteiger partial charge in [-0.2, -0.15) is 0 Å². The van der Waals surface area contributed by atoms with Gasteiger partial charge >= 0.3 is 0 Å². The number of fused-ring (bicyclic) bond motifs is 1. The Morgan fingerprint density at radius 3 is 2.81 bits per heavy atom. The Morgan fingerprint density at radius 2 is 2.04 bits per heavy atom. The van der Waals surface area contributed by atoms with Gasteiger partial charge in [0.05, 0.1) is 11.4 Å². The number of nitrogens with zero attached hydrogens (tertiary/aromatic N) is 2. The summed E-state index contributed by atoms with van der Waals surface area (Å²) in [6.45, 7) is 3.82. The molecule has 2 heterocycles. The minimum atomic E-state index is -0.115. The molecule has 7 heteroatoms. The number of aromatic nitrogens is 2. The second-order valence-corrected chi connectivity index (χ2v) is 7.44. The Kier molecular flexibility index (Phi) is 5.64. The normalized spacial score (nSPS) is 10.9. The molecule has 1 amide bonds. The van der Waals surface area contributed by atoms with Crippen LogP contribution < -0.4 is 10.9 Å². The van der Waals surface area contributed by atoms with Crippen LogP contribution in [0.3, 0.4) is 0 Å². The van der Waals surface area contributed by atoms with Crippen LogP contribution in [0.1, 0.15) is 16.8 Å². The summed E-state index contributed by atoms with van der Waals surface area (Å²) in [7, 11) is 0. The second kappa shape index (κ2) is 7.93. The van der Waals surface area contributed by atoms with Gasteiger partial charge < -0.3 is 5.32 Å². The highest BCUT2D eigenvalue weighted by Gasteiger charge is 2.07. The zero-order valence-electron chi connectivity index (χ0n) is 14.5. The first-order valence-electron chi connectivity index (χ1n) is 8.05. The molecule has 3 aromatic rings. The van der Waals surface area contributed by atoms with E-state index in [1.54, 1.807) is 24.4 Å². The smallest absolute Gasteiger partial charge is 0.258 e. The van der Waals surface area contributed by atoms with Crippen molar-refractivity contribution in [1.29, 1.82) is 0 Å². The van der Waals surface area contributed by atoms with Crippen LogP contribution in [-0.4, -0.2) is 21.0 Å². The molecule has 5 nitrogen and oxygen atoms in total. The number of aryl methyl sites for hydroxylation is 2. The van der Waals surface area contributed by atoms with E-state index in [9.17, 15) is 9.59 Å². The highest BCUT2D eigenvalue weighted by Crippen LogP contribution is 2.20. The fourth-order valence-corrected chi connectivity index (χ4v) is 3.48. The highest BCUT2D eigenvalue weighted by atomic mass is 35.5. The van der Waals surface area contributed by atoms with E-state index in [1.807, 2.05) is 26.0 Å². The summed E-state index contributed by atoms with van der Waals surface area (Å²) in [5.41, 5.74) is 3.82. The fourth-order valence-electron chi connectivity index (χ4n) is 2.53. The van der Waals surface area contributed by atoms with Crippen LogP contribution in [0.15, 0.2) is 47.4 Å². The summed E-state index contributed by atoms with van der Waals surface area (Å²) in [5, 5.41) is 3.50. The minimum absolute atomic E-state index is 0.103. The van der Waals surface area contributed by atoms with Crippen LogP contribution in [-0.2, 0) is 10.5 Å². The van der Waals surface area contributed by atoms with E-state index < -0.39 is 0 Å². The molecule has 0 unspecified atom stereocenters. The van der Waals surface area contributed by atoms with E-state index in [1.165, 1.54) is 22.2 Å². The van der Waals surface area contributed by atoms with Crippen LogP contribution in [0.2, 0.25) is 5.02 Å². The number of hydrogen-bond donors (Lipinski definition) is 1. The third-order valence-corrected chi connectivity index (χ3v) is 5.01. The van der Waals surface area contributed by atoms with Crippen LogP contribution in [0, 0.1) is 13.8 Å². The van der Waals surface area contributed by atoms with Crippen molar-refractivity contribution in [3.8, 4) is 0 Å². The molecule has 0 atom stereocenters. The van der Waals surface area contributed by atoms with Crippen LogP contribution in [0.5, 0.6) is 0 Å². The molecule has 0 aliphatic rings. The predicted molar refractivity (Wildman–Crippen MR) is 107 cm³/mol. The predicted octanol–water partition coefficient (Wildman–Crippen LogP) is 3.84. The molecule has 0 saturated carbocycles. The molecule has 26 heavy (non-hydrogen) atoms. The van der Waals surface area contributed by atoms with E-state index in [0.29, 0.717) is 22.1 Å². The van der Waals surface area contributed by atoms with Crippen molar-refractivity contribution < 1.29 is 4.79 Å². The average Bonchev–Trinajstić information content (AvgIpc) is 2.58. The van der Waals surface area contributed by atoms with E-state index in [4.69, 9.17) is 11.6 Å². The maximum atomic E-state index is 12.2. The number of amides is 1. The number of carbonyl (C=O) groups is 1. The van der Waals surface area contributed by atoms with Crippen LogP contribution >= 0.6 is 23.4 Å². The lowest BCUT2D eigenvalue weighted by atomic mass is 10.2. The van der Waals surface area contributed by atoms with E-state index in [0.717, 1.165) is 16.8 Å². The van der Waals surface area contributed by atoms with E-state index in [2.05, 4.69) is 10.3 Å². The van der Waals surface area contributed by atoms with Gasteiger partial charge in [-0.05, 0) is 49.2 Å². The number of nitrogens with one attached hydrogen (secondary N) is 1. The molecule has 0 aliphatic heterocycles. The monoisotopic (exact) mass is 387 g/mol. The van der Waals surface area contributed by atoms with Crippen molar-refractivity contribution in [3.05, 3.63) is 74.8 Å². The second-order valence-electron chi connectivity index (χ2n) is 6.02. The summed E-state index contributed by atoms with van der Waals surface area (Å²) < 4.78 is 1.53. The quantitative estimate of drug-likeness (QED) is 0.722. The Labute approximate surface area is 160 Å². The number of halogens is 1. The van der Waals surface area contributed by atoms with Gasteiger partial charge in [-0.3, -0.25) is 14.0 Å². The van der Waals surface area contributed by atoms with E-state index in [-0.39, 0.29) is 17.2 Å². The zero-order valence-corrected chi connectivity index (χ0v) is 16.0. The van der Waals surface area contributed by atoms with E-state index >= 15 is 0 Å². The third kappa shape index (κ3) is 4.45.